The fraction of sp³-hybridized carbons (Fsp3) is 0.737. The number of rotatable bonds is 71. The Labute approximate surface area is 689 Å². The Morgan fingerprint density at radius 2 is 0.614 bits per heavy atom. The summed E-state index contributed by atoms with van der Waals surface area (Å²) in [5.41, 5.74) is 0. The Balaban J connectivity index is 1.35. The van der Waals surface area contributed by atoms with E-state index < -0.39 is 124 Å². The molecule has 0 saturated carbocycles. The molecule has 19 nitrogen and oxygen atoms in total. The van der Waals surface area contributed by atoms with E-state index in [2.05, 4.69) is 153 Å². The number of hydrogen-bond donors (Lipinski definition) is 12. The summed E-state index contributed by atoms with van der Waals surface area (Å²) in [4.78, 5) is 13.5. The topological polar surface area (TPSA) is 307 Å². The number of aliphatic hydroxyl groups is 11. The van der Waals surface area contributed by atoms with Gasteiger partial charge in [0.15, 0.2) is 18.9 Å². The molecule has 3 rings (SSSR count). The van der Waals surface area contributed by atoms with E-state index in [9.17, 15) is 61.0 Å². The maximum absolute atomic E-state index is 13.5. The first-order valence-electron chi connectivity index (χ1n) is 45.1. The molecule has 19 heteroatoms. The molecule has 3 aliphatic heterocycles. The molecule has 654 valence electrons. The number of nitrogens with one attached hydrogen (secondary N) is 1. The third-order valence-corrected chi connectivity index (χ3v) is 21.3. The summed E-state index contributed by atoms with van der Waals surface area (Å²) in [6.07, 6.45) is 79.9. The molecule has 0 bridgehead atoms. The standard InChI is InChI=1S/C95H161NO18/c1-3-5-7-9-11-13-15-17-19-21-23-25-27-29-31-33-35-36-37-38-39-40-41-42-43-45-47-49-51-53-55-57-59-61-63-65-67-69-71-73-83(101)96-78(79(100)72-70-68-66-64-62-60-58-56-54-52-50-48-46-44-34-32-30-28-26-24-22-20-18-16-14-12-10-8-6-4-2)77-109-93-89(107)86(104)91(81(75-98)111-93)114-95-90(108)87(105)92(82(76-99)112-95)113-94-88(106)85(103)84(102)80(74-97)110-94/h5,7,11,13,17,19,23,25,29,31,35-36,38-39,41-42,45,47,54,56,62,64,70,72,78-82,84-95,97-100,102-108H,3-4,6,8-10,12,14-16,18,20-22,24,26-28,30,32-34,37,40,43-44,46,48-53,55,57-61,63,65-69,71,73-77H2,1-2H3,(H,96,101)/b7-5-,13-11-,19-17-,25-23-,31-29-,36-35-,39-38-,42-41-,47-45-,56-54+,64-62+,72-70+. The lowest BCUT2D eigenvalue weighted by molar-refractivity contribution is -0.379. The predicted octanol–water partition coefficient (Wildman–Crippen LogP) is 17.3. The molecule has 0 aromatic carbocycles. The number of allylic oxidation sites excluding steroid dienone is 23. The van der Waals surface area contributed by atoms with Gasteiger partial charge in [-0.1, -0.05) is 339 Å². The van der Waals surface area contributed by atoms with Gasteiger partial charge < -0.3 is 89.9 Å². The van der Waals surface area contributed by atoms with Crippen LogP contribution in [0.5, 0.6) is 0 Å². The molecule has 3 saturated heterocycles. The van der Waals surface area contributed by atoms with Crippen molar-refractivity contribution in [2.75, 3.05) is 26.4 Å². The van der Waals surface area contributed by atoms with Gasteiger partial charge in [0, 0.05) is 6.42 Å². The highest BCUT2D eigenvalue weighted by Crippen LogP contribution is 2.33. The molecule has 114 heavy (non-hydrogen) atoms. The van der Waals surface area contributed by atoms with Crippen molar-refractivity contribution in [3.63, 3.8) is 0 Å². The summed E-state index contributed by atoms with van der Waals surface area (Å²) in [5.74, 6) is -0.296. The quantitative estimate of drug-likeness (QED) is 0.0199. The lowest BCUT2D eigenvalue weighted by atomic mass is 9.96. The lowest BCUT2D eigenvalue weighted by Crippen LogP contribution is -2.66. The maximum Gasteiger partial charge on any atom is 0.220 e. The van der Waals surface area contributed by atoms with Crippen molar-refractivity contribution < 1.29 is 89.4 Å². The number of ether oxygens (including phenoxy) is 6. The molecule has 0 spiro atoms. The third kappa shape index (κ3) is 50.6. The Kier molecular flexibility index (Phi) is 66.2. The van der Waals surface area contributed by atoms with Gasteiger partial charge in [0.2, 0.25) is 5.91 Å². The van der Waals surface area contributed by atoms with E-state index >= 15 is 0 Å². The monoisotopic (exact) mass is 1600 g/mol. The van der Waals surface area contributed by atoms with Crippen molar-refractivity contribution in [3.05, 3.63) is 146 Å². The van der Waals surface area contributed by atoms with Gasteiger partial charge in [-0.25, -0.2) is 0 Å². The van der Waals surface area contributed by atoms with E-state index in [-0.39, 0.29) is 18.9 Å². The Bertz CT molecular complexity index is 2630. The molecular weight excluding hydrogens is 1440 g/mol. The average Bonchev–Trinajstić information content (AvgIpc) is 0.783. The Morgan fingerprint density at radius 3 is 0.982 bits per heavy atom. The molecule has 0 aromatic heterocycles. The molecule has 17 atom stereocenters. The number of carbonyl (C=O) groups is 1. The van der Waals surface area contributed by atoms with Gasteiger partial charge >= 0.3 is 0 Å². The van der Waals surface area contributed by atoms with E-state index in [1.807, 2.05) is 6.08 Å². The van der Waals surface area contributed by atoms with Crippen LogP contribution in [0.2, 0.25) is 0 Å². The molecule has 17 unspecified atom stereocenters. The first-order chi connectivity index (χ1) is 55.8. The van der Waals surface area contributed by atoms with Crippen LogP contribution in [0.15, 0.2) is 146 Å². The molecule has 1 amide bonds. The fourth-order valence-electron chi connectivity index (χ4n) is 14.2. The van der Waals surface area contributed by atoms with Crippen LogP contribution in [-0.4, -0.2) is 193 Å². The molecule has 12 N–H and O–H groups in total. The minimum Gasteiger partial charge on any atom is -0.394 e. The van der Waals surface area contributed by atoms with Gasteiger partial charge in [0.25, 0.3) is 0 Å². The number of unbranched alkanes of at least 4 members (excludes halogenated alkanes) is 33. The average molecular weight is 1610 g/mol. The van der Waals surface area contributed by atoms with E-state index in [1.165, 1.54) is 167 Å². The zero-order valence-electron chi connectivity index (χ0n) is 70.5. The summed E-state index contributed by atoms with van der Waals surface area (Å²) in [5, 5.41) is 121. The molecule has 3 fully saturated rings. The molecule has 3 aliphatic rings. The smallest absolute Gasteiger partial charge is 0.220 e. The highest BCUT2D eigenvalue weighted by atomic mass is 16.8. The zero-order chi connectivity index (χ0) is 82.4. The van der Waals surface area contributed by atoms with Crippen molar-refractivity contribution >= 4 is 5.91 Å². The van der Waals surface area contributed by atoms with Crippen molar-refractivity contribution in [1.82, 2.24) is 5.32 Å². The number of amides is 1. The van der Waals surface area contributed by atoms with Gasteiger partial charge in [-0.3, -0.25) is 4.79 Å². The SMILES string of the molecule is CC/C=C\C/C=C\C/C=C\C/C=C\C/C=C\C/C=C\C/C=C\C/C=C\C/C=C\CCCCCCCCCCCCCC(=O)NC(COC1OC(CO)C(OC2OC(CO)C(OC3OC(CO)C(O)C(O)C3O)C(O)C2O)C(O)C1O)C(O)/C=C/CC/C=C/CC/C=C/CCCCCCCCCCCCCCCCCCCCCC. The van der Waals surface area contributed by atoms with Crippen LogP contribution in [0.1, 0.15) is 316 Å². The van der Waals surface area contributed by atoms with Crippen LogP contribution in [0, 0.1) is 0 Å². The highest BCUT2D eigenvalue weighted by molar-refractivity contribution is 5.76. The van der Waals surface area contributed by atoms with Crippen LogP contribution < -0.4 is 5.32 Å². The lowest BCUT2D eigenvalue weighted by Gasteiger charge is -2.48. The van der Waals surface area contributed by atoms with Gasteiger partial charge in [0.05, 0.1) is 38.6 Å². The predicted molar refractivity (Wildman–Crippen MR) is 461 cm³/mol. The Hall–Kier alpha value is -4.33. The van der Waals surface area contributed by atoms with Crippen molar-refractivity contribution in [2.24, 2.45) is 0 Å². The molecule has 0 aliphatic carbocycles. The Morgan fingerprint density at radius 1 is 0.325 bits per heavy atom. The maximum atomic E-state index is 13.5. The summed E-state index contributed by atoms with van der Waals surface area (Å²) >= 11 is 0. The zero-order valence-corrected chi connectivity index (χ0v) is 70.5. The first-order valence-corrected chi connectivity index (χ1v) is 45.1. The van der Waals surface area contributed by atoms with Gasteiger partial charge in [-0.05, 0) is 116 Å². The highest BCUT2D eigenvalue weighted by Gasteiger charge is 2.54. The summed E-state index contributed by atoms with van der Waals surface area (Å²) in [7, 11) is 0. The van der Waals surface area contributed by atoms with Gasteiger partial charge in [-0.2, -0.15) is 0 Å². The van der Waals surface area contributed by atoms with E-state index in [1.54, 1.807) is 6.08 Å². The van der Waals surface area contributed by atoms with E-state index in [0.29, 0.717) is 12.8 Å². The van der Waals surface area contributed by atoms with E-state index in [4.69, 9.17) is 28.4 Å². The molecule has 3 heterocycles. The fourth-order valence-corrected chi connectivity index (χ4v) is 14.2. The van der Waals surface area contributed by atoms with Crippen LogP contribution in [-0.2, 0) is 33.2 Å². The minimum absolute atomic E-state index is 0.220. The van der Waals surface area contributed by atoms with Crippen LogP contribution >= 0.6 is 0 Å². The van der Waals surface area contributed by atoms with Crippen LogP contribution in [0.4, 0.5) is 0 Å². The molecule has 0 radical (unpaired) electrons. The minimum atomic E-state index is -1.99. The second-order valence-corrected chi connectivity index (χ2v) is 31.3. The summed E-state index contributed by atoms with van der Waals surface area (Å²) in [6, 6.07) is -1.01. The van der Waals surface area contributed by atoms with Crippen LogP contribution in [0.3, 0.4) is 0 Å². The van der Waals surface area contributed by atoms with E-state index in [0.717, 1.165) is 116 Å². The van der Waals surface area contributed by atoms with Gasteiger partial charge in [-0.15, -0.1) is 0 Å². The number of hydrogen-bond acceptors (Lipinski definition) is 18. The molecular formula is C95H161NO18. The van der Waals surface area contributed by atoms with Crippen LogP contribution in [0.25, 0.3) is 0 Å². The summed E-state index contributed by atoms with van der Waals surface area (Å²) < 4.78 is 34.5. The van der Waals surface area contributed by atoms with Gasteiger partial charge in [0.1, 0.15) is 73.2 Å². The normalized spacial score (nSPS) is 25.4. The second kappa shape index (κ2) is 72.7. The first kappa shape index (κ1) is 104. The number of aliphatic hydroxyl groups excluding tert-OH is 11. The summed E-state index contributed by atoms with van der Waals surface area (Å²) in [6.45, 7) is 1.62. The van der Waals surface area contributed by atoms with Crippen molar-refractivity contribution in [3.8, 4) is 0 Å². The van der Waals surface area contributed by atoms with Crippen molar-refractivity contribution in [1.29, 1.82) is 0 Å². The van der Waals surface area contributed by atoms with Crippen molar-refractivity contribution in [2.45, 2.75) is 420 Å². The number of carbonyl (C=O) groups excluding carboxylic acids is 1. The largest absolute Gasteiger partial charge is 0.394 e. The molecule has 0 aromatic rings. The third-order valence-electron chi connectivity index (χ3n) is 21.3. The second-order valence-electron chi connectivity index (χ2n) is 31.3.